The average Bonchev–Trinajstić information content (AvgIpc) is 3.16. The van der Waals surface area contributed by atoms with Crippen molar-refractivity contribution in [3.05, 3.63) is 71.5 Å². The number of nitrogens with two attached hydrogens (primary N) is 2. The zero-order chi connectivity index (χ0) is 20.4. The van der Waals surface area contributed by atoms with Gasteiger partial charge in [0, 0.05) is 11.9 Å². The molecule has 0 aliphatic carbocycles. The van der Waals surface area contributed by atoms with E-state index in [1.54, 1.807) is 18.2 Å². The van der Waals surface area contributed by atoms with Gasteiger partial charge in [0.15, 0.2) is 11.5 Å². The summed E-state index contributed by atoms with van der Waals surface area (Å²) in [4.78, 5) is 27.7. The second-order valence-corrected chi connectivity index (χ2v) is 6.17. The third kappa shape index (κ3) is 3.46. The summed E-state index contributed by atoms with van der Waals surface area (Å²) in [6.07, 6.45) is 1.50. The summed E-state index contributed by atoms with van der Waals surface area (Å²) in [6, 6.07) is 14.6. The Hall–Kier alpha value is -4.34. The van der Waals surface area contributed by atoms with E-state index in [0.717, 1.165) is 5.56 Å². The lowest BCUT2D eigenvalue weighted by molar-refractivity contribution is 0.0989. The van der Waals surface area contributed by atoms with E-state index in [4.69, 9.17) is 11.5 Å². The van der Waals surface area contributed by atoms with Crippen molar-refractivity contribution in [2.24, 2.45) is 11.5 Å². The Balaban J connectivity index is 1.75. The monoisotopic (exact) mass is 388 g/mol. The Morgan fingerprint density at radius 2 is 1.76 bits per heavy atom. The molecule has 4 aromatic rings. The second-order valence-electron chi connectivity index (χ2n) is 6.17. The number of carbonyl (C=O) groups is 2. The number of aromatic nitrogens is 5. The van der Waals surface area contributed by atoms with E-state index in [2.05, 4.69) is 25.6 Å². The second kappa shape index (κ2) is 7.35. The number of anilines is 1. The molecule has 2 aromatic heterocycles. The highest BCUT2D eigenvalue weighted by Gasteiger charge is 2.18. The van der Waals surface area contributed by atoms with Gasteiger partial charge in [0.2, 0.25) is 5.91 Å². The minimum absolute atomic E-state index is 0.0843. The third-order valence-electron chi connectivity index (χ3n) is 4.28. The largest absolute Gasteiger partial charge is 0.366 e. The van der Waals surface area contributed by atoms with E-state index < -0.39 is 11.8 Å². The van der Waals surface area contributed by atoms with Gasteiger partial charge in [-0.05, 0) is 17.7 Å². The molecule has 0 aliphatic heterocycles. The molecule has 4 rings (SSSR count). The SMILES string of the molecule is NC(=O)c1nnc(-n2ncc3c(C(N)=O)cccc32)nc1NCc1ccccc1. The molecule has 0 saturated heterocycles. The van der Waals surface area contributed by atoms with Crippen molar-refractivity contribution < 1.29 is 9.59 Å². The molecule has 0 atom stereocenters. The molecule has 2 aromatic carbocycles. The number of carbonyl (C=O) groups excluding carboxylic acids is 2. The molecule has 0 spiro atoms. The highest BCUT2D eigenvalue weighted by Crippen LogP contribution is 2.21. The number of fused-ring (bicyclic) bond motifs is 1. The van der Waals surface area contributed by atoms with Gasteiger partial charge in [-0.25, -0.2) is 0 Å². The molecule has 2 heterocycles. The quantitative estimate of drug-likeness (QED) is 0.445. The number of nitrogens with one attached hydrogen (secondary N) is 1. The average molecular weight is 388 g/mol. The van der Waals surface area contributed by atoms with E-state index >= 15 is 0 Å². The fourth-order valence-electron chi connectivity index (χ4n) is 2.90. The van der Waals surface area contributed by atoms with E-state index in [-0.39, 0.29) is 17.5 Å². The van der Waals surface area contributed by atoms with Crippen LogP contribution < -0.4 is 16.8 Å². The predicted octanol–water partition coefficient (Wildman–Crippen LogP) is 1.02. The first-order valence-corrected chi connectivity index (χ1v) is 8.64. The topological polar surface area (TPSA) is 155 Å². The molecule has 0 unspecified atom stereocenters. The zero-order valence-electron chi connectivity index (χ0n) is 15.1. The van der Waals surface area contributed by atoms with Gasteiger partial charge in [0.1, 0.15) is 0 Å². The highest BCUT2D eigenvalue weighted by atomic mass is 16.1. The number of amides is 2. The summed E-state index contributed by atoms with van der Waals surface area (Å²) >= 11 is 0. The van der Waals surface area contributed by atoms with Gasteiger partial charge in [-0.15, -0.1) is 10.2 Å². The molecule has 0 fully saturated rings. The molecule has 0 bridgehead atoms. The Kier molecular flexibility index (Phi) is 4.57. The molecule has 10 heteroatoms. The molecular weight excluding hydrogens is 372 g/mol. The lowest BCUT2D eigenvalue weighted by Crippen LogP contribution is -2.20. The van der Waals surface area contributed by atoms with Crippen LogP contribution >= 0.6 is 0 Å². The Morgan fingerprint density at radius 1 is 0.966 bits per heavy atom. The van der Waals surface area contributed by atoms with Gasteiger partial charge < -0.3 is 16.8 Å². The number of rotatable bonds is 6. The van der Waals surface area contributed by atoms with E-state index in [1.165, 1.54) is 10.9 Å². The molecule has 10 nitrogen and oxygen atoms in total. The van der Waals surface area contributed by atoms with Gasteiger partial charge in [-0.2, -0.15) is 14.8 Å². The molecule has 0 saturated carbocycles. The number of nitrogens with zero attached hydrogens (tertiary/aromatic N) is 5. The maximum atomic E-state index is 11.7. The molecule has 0 aliphatic rings. The van der Waals surface area contributed by atoms with E-state index in [9.17, 15) is 9.59 Å². The van der Waals surface area contributed by atoms with Crippen LogP contribution in [-0.2, 0) is 6.54 Å². The summed E-state index contributed by atoms with van der Waals surface area (Å²) in [5.74, 6) is -1.03. The molecule has 0 radical (unpaired) electrons. The lowest BCUT2D eigenvalue weighted by Gasteiger charge is -2.10. The fraction of sp³-hybridized carbons (Fsp3) is 0.0526. The standard InChI is InChI=1S/C19H16N8O2/c20-16(28)12-7-4-8-14-13(12)10-23-27(14)19-24-18(15(17(21)29)25-26-19)22-9-11-5-2-1-3-6-11/h1-8,10H,9H2,(H2,20,28)(H2,21,29)(H,22,24,26). The van der Waals surface area contributed by atoms with Crippen molar-refractivity contribution in [2.75, 3.05) is 5.32 Å². The maximum absolute atomic E-state index is 11.7. The van der Waals surface area contributed by atoms with Crippen LogP contribution in [0.4, 0.5) is 5.82 Å². The summed E-state index contributed by atoms with van der Waals surface area (Å²) in [5.41, 5.74) is 12.6. The summed E-state index contributed by atoms with van der Waals surface area (Å²) < 4.78 is 1.41. The van der Waals surface area contributed by atoms with Crippen molar-refractivity contribution in [2.45, 2.75) is 6.54 Å². The number of hydrogen-bond acceptors (Lipinski definition) is 7. The number of benzene rings is 2. The summed E-state index contributed by atoms with van der Waals surface area (Å²) in [7, 11) is 0. The predicted molar refractivity (Wildman–Crippen MR) is 105 cm³/mol. The maximum Gasteiger partial charge on any atom is 0.273 e. The normalized spacial score (nSPS) is 10.8. The molecular formula is C19H16N8O2. The van der Waals surface area contributed by atoms with Crippen molar-refractivity contribution in [3.63, 3.8) is 0 Å². The van der Waals surface area contributed by atoms with Gasteiger partial charge in [0.05, 0.1) is 17.3 Å². The van der Waals surface area contributed by atoms with Crippen molar-refractivity contribution in [1.29, 1.82) is 0 Å². The van der Waals surface area contributed by atoms with Crippen LogP contribution in [0.15, 0.2) is 54.7 Å². The number of hydrogen-bond donors (Lipinski definition) is 3. The minimum Gasteiger partial charge on any atom is -0.366 e. The molecule has 144 valence electrons. The Bertz CT molecular complexity index is 1220. The van der Waals surface area contributed by atoms with Crippen LogP contribution in [0.2, 0.25) is 0 Å². The van der Waals surface area contributed by atoms with Crippen LogP contribution in [0.5, 0.6) is 0 Å². The van der Waals surface area contributed by atoms with Gasteiger partial charge in [-0.3, -0.25) is 9.59 Å². The van der Waals surface area contributed by atoms with Crippen LogP contribution in [0.1, 0.15) is 26.4 Å². The lowest BCUT2D eigenvalue weighted by atomic mass is 10.1. The van der Waals surface area contributed by atoms with Crippen LogP contribution in [-0.4, -0.2) is 36.8 Å². The molecule has 2 amide bonds. The Morgan fingerprint density at radius 3 is 2.48 bits per heavy atom. The van der Waals surface area contributed by atoms with E-state index in [0.29, 0.717) is 23.0 Å². The van der Waals surface area contributed by atoms with E-state index in [1.807, 2.05) is 30.3 Å². The summed E-state index contributed by atoms with van der Waals surface area (Å²) in [6.45, 7) is 0.408. The molecule has 5 N–H and O–H groups in total. The zero-order valence-corrected chi connectivity index (χ0v) is 15.1. The smallest absolute Gasteiger partial charge is 0.273 e. The minimum atomic E-state index is -0.756. The van der Waals surface area contributed by atoms with Crippen LogP contribution in [0, 0.1) is 0 Å². The van der Waals surface area contributed by atoms with Gasteiger partial charge in [-0.1, -0.05) is 36.4 Å². The van der Waals surface area contributed by atoms with Crippen LogP contribution in [0.3, 0.4) is 0 Å². The number of primary amides is 2. The van der Waals surface area contributed by atoms with Crippen molar-refractivity contribution in [1.82, 2.24) is 25.0 Å². The highest BCUT2D eigenvalue weighted by molar-refractivity contribution is 6.05. The van der Waals surface area contributed by atoms with Crippen LogP contribution in [0.25, 0.3) is 16.9 Å². The van der Waals surface area contributed by atoms with Gasteiger partial charge in [0.25, 0.3) is 11.9 Å². The fourth-order valence-corrected chi connectivity index (χ4v) is 2.90. The Labute approximate surface area is 164 Å². The third-order valence-corrected chi connectivity index (χ3v) is 4.28. The van der Waals surface area contributed by atoms with Crippen molar-refractivity contribution >= 4 is 28.5 Å². The first-order valence-electron chi connectivity index (χ1n) is 8.64. The van der Waals surface area contributed by atoms with Gasteiger partial charge >= 0.3 is 0 Å². The summed E-state index contributed by atoms with van der Waals surface area (Å²) in [5, 5.41) is 15.7. The first-order chi connectivity index (χ1) is 14.0. The van der Waals surface area contributed by atoms with Crippen molar-refractivity contribution in [3.8, 4) is 5.95 Å². The first kappa shape index (κ1) is 18.0. The molecule has 29 heavy (non-hydrogen) atoms.